The first-order valence-electron chi connectivity index (χ1n) is 4.11. The molecule has 0 saturated heterocycles. The molecule has 0 aliphatic heterocycles. The van der Waals surface area contributed by atoms with Crippen LogP contribution in [0, 0.1) is 5.92 Å². The van der Waals surface area contributed by atoms with Crippen molar-refractivity contribution in [2.75, 3.05) is 0 Å². The van der Waals surface area contributed by atoms with E-state index in [2.05, 4.69) is 31.1 Å². The smallest absolute Gasteiger partial charge is 0.0738 e. The van der Waals surface area contributed by atoms with Crippen molar-refractivity contribution in [3.05, 3.63) is 11.9 Å². The average Bonchev–Trinajstić information content (AvgIpc) is 2.49. The lowest BCUT2D eigenvalue weighted by Crippen LogP contribution is -2.15. The van der Waals surface area contributed by atoms with Crippen molar-refractivity contribution < 1.29 is 0 Å². The Hall–Kier alpha value is -0.570. The number of nitrogens with zero attached hydrogens (tertiary/aromatic N) is 3. The molecule has 1 unspecified atom stereocenters. The van der Waals surface area contributed by atoms with Gasteiger partial charge in [-0.25, -0.2) is 4.68 Å². The van der Waals surface area contributed by atoms with Crippen LogP contribution in [0.3, 0.4) is 0 Å². The first kappa shape index (κ1) is 9.52. The molecule has 1 aromatic heterocycles. The van der Waals surface area contributed by atoms with Crippen LogP contribution in [0.2, 0.25) is 0 Å². The molecule has 0 radical (unpaired) electrons. The Balaban J connectivity index is 2.86. The molecule has 12 heavy (non-hydrogen) atoms. The second-order valence-corrected chi connectivity index (χ2v) is 3.56. The Bertz CT molecular complexity index is 244. The summed E-state index contributed by atoms with van der Waals surface area (Å²) < 4.78 is 1.89. The van der Waals surface area contributed by atoms with Crippen molar-refractivity contribution >= 4 is 11.6 Å². The summed E-state index contributed by atoms with van der Waals surface area (Å²) in [7, 11) is 0. The summed E-state index contributed by atoms with van der Waals surface area (Å²) in [6.07, 6.45) is 1.71. The Morgan fingerprint density at radius 2 is 2.17 bits per heavy atom. The summed E-state index contributed by atoms with van der Waals surface area (Å²) >= 11 is 5.72. The molecule has 1 rings (SSSR count). The van der Waals surface area contributed by atoms with Crippen LogP contribution < -0.4 is 0 Å². The van der Waals surface area contributed by atoms with Gasteiger partial charge in [0.2, 0.25) is 0 Å². The van der Waals surface area contributed by atoms with Gasteiger partial charge in [-0.1, -0.05) is 19.1 Å². The van der Waals surface area contributed by atoms with Crippen molar-refractivity contribution in [3.63, 3.8) is 0 Å². The van der Waals surface area contributed by atoms with Gasteiger partial charge in [0.25, 0.3) is 0 Å². The quantitative estimate of drug-likeness (QED) is 0.680. The standard InChI is InChI=1S/C8H14ClN3/c1-6(2)7(3)12-8(4-9)5-10-11-12/h5-7H,4H2,1-3H3. The van der Waals surface area contributed by atoms with Gasteiger partial charge >= 0.3 is 0 Å². The van der Waals surface area contributed by atoms with Crippen LogP contribution in [0.25, 0.3) is 0 Å². The molecule has 0 aliphatic rings. The molecule has 1 heterocycles. The highest BCUT2D eigenvalue weighted by Gasteiger charge is 2.13. The molecule has 0 N–H and O–H groups in total. The second-order valence-electron chi connectivity index (χ2n) is 3.29. The van der Waals surface area contributed by atoms with Gasteiger partial charge in [-0.05, 0) is 12.8 Å². The highest BCUT2D eigenvalue weighted by atomic mass is 35.5. The zero-order valence-corrected chi connectivity index (χ0v) is 8.41. The number of hydrogen-bond acceptors (Lipinski definition) is 2. The molecule has 0 bridgehead atoms. The van der Waals surface area contributed by atoms with Gasteiger partial charge in [0.15, 0.2) is 0 Å². The molecule has 68 valence electrons. The van der Waals surface area contributed by atoms with Gasteiger partial charge in [-0.2, -0.15) is 0 Å². The molecule has 0 aromatic carbocycles. The van der Waals surface area contributed by atoms with E-state index in [0.29, 0.717) is 17.8 Å². The lowest BCUT2D eigenvalue weighted by Gasteiger charge is -2.16. The summed E-state index contributed by atoms with van der Waals surface area (Å²) in [5, 5.41) is 7.82. The monoisotopic (exact) mass is 187 g/mol. The SMILES string of the molecule is CC(C)C(C)n1nncc1CCl. The van der Waals surface area contributed by atoms with E-state index >= 15 is 0 Å². The highest BCUT2D eigenvalue weighted by Crippen LogP contribution is 2.17. The van der Waals surface area contributed by atoms with Gasteiger partial charge in [-0.15, -0.1) is 16.7 Å². The number of alkyl halides is 1. The van der Waals surface area contributed by atoms with E-state index in [9.17, 15) is 0 Å². The van der Waals surface area contributed by atoms with Crippen molar-refractivity contribution in [1.29, 1.82) is 0 Å². The summed E-state index contributed by atoms with van der Waals surface area (Å²) in [6.45, 7) is 6.43. The largest absolute Gasteiger partial charge is 0.245 e. The predicted octanol–water partition coefficient (Wildman–Crippen LogP) is 2.23. The van der Waals surface area contributed by atoms with Crippen molar-refractivity contribution in [1.82, 2.24) is 15.0 Å². The van der Waals surface area contributed by atoms with E-state index in [4.69, 9.17) is 11.6 Å². The first-order valence-corrected chi connectivity index (χ1v) is 4.65. The van der Waals surface area contributed by atoms with Crippen LogP contribution in [0.5, 0.6) is 0 Å². The topological polar surface area (TPSA) is 30.7 Å². The summed E-state index contributed by atoms with van der Waals surface area (Å²) in [5.41, 5.74) is 0.984. The molecular formula is C8H14ClN3. The molecule has 0 spiro atoms. The summed E-state index contributed by atoms with van der Waals surface area (Å²) in [6, 6.07) is 0.362. The number of aromatic nitrogens is 3. The van der Waals surface area contributed by atoms with E-state index < -0.39 is 0 Å². The minimum atomic E-state index is 0.362. The second kappa shape index (κ2) is 3.90. The van der Waals surface area contributed by atoms with Crippen LogP contribution in [0.1, 0.15) is 32.5 Å². The molecule has 0 aliphatic carbocycles. The van der Waals surface area contributed by atoms with E-state index in [1.54, 1.807) is 6.20 Å². The molecule has 0 amide bonds. The molecule has 0 saturated carbocycles. The van der Waals surface area contributed by atoms with Crippen molar-refractivity contribution in [3.8, 4) is 0 Å². The Labute approximate surface area is 77.7 Å². The van der Waals surface area contributed by atoms with Crippen LogP contribution >= 0.6 is 11.6 Å². The van der Waals surface area contributed by atoms with Gasteiger partial charge in [0.05, 0.1) is 23.8 Å². The molecular weight excluding hydrogens is 174 g/mol. The van der Waals surface area contributed by atoms with E-state index in [1.165, 1.54) is 0 Å². The van der Waals surface area contributed by atoms with Crippen LogP contribution in [0.15, 0.2) is 6.20 Å². The van der Waals surface area contributed by atoms with Gasteiger partial charge in [0, 0.05) is 0 Å². The van der Waals surface area contributed by atoms with Gasteiger partial charge < -0.3 is 0 Å². The fourth-order valence-electron chi connectivity index (χ4n) is 0.986. The number of halogens is 1. The Morgan fingerprint density at radius 1 is 1.50 bits per heavy atom. The zero-order chi connectivity index (χ0) is 9.14. The van der Waals surface area contributed by atoms with E-state index in [0.717, 1.165) is 5.69 Å². The Kier molecular flexibility index (Phi) is 3.09. The first-order chi connectivity index (χ1) is 5.66. The normalized spacial score (nSPS) is 13.8. The maximum absolute atomic E-state index is 5.72. The fourth-order valence-corrected chi connectivity index (χ4v) is 1.18. The van der Waals surface area contributed by atoms with Crippen molar-refractivity contribution in [2.24, 2.45) is 5.92 Å². The van der Waals surface area contributed by atoms with Crippen LogP contribution in [0.4, 0.5) is 0 Å². The van der Waals surface area contributed by atoms with Crippen LogP contribution in [-0.2, 0) is 5.88 Å². The third kappa shape index (κ3) is 1.78. The average molecular weight is 188 g/mol. The highest BCUT2D eigenvalue weighted by molar-refractivity contribution is 6.16. The third-order valence-electron chi connectivity index (χ3n) is 2.14. The van der Waals surface area contributed by atoms with Gasteiger partial charge in [0.1, 0.15) is 0 Å². The van der Waals surface area contributed by atoms with E-state index in [-0.39, 0.29) is 0 Å². The summed E-state index contributed by atoms with van der Waals surface area (Å²) in [4.78, 5) is 0. The summed E-state index contributed by atoms with van der Waals surface area (Å²) in [5.74, 6) is 1.03. The van der Waals surface area contributed by atoms with Gasteiger partial charge in [-0.3, -0.25) is 0 Å². The van der Waals surface area contributed by atoms with Crippen LogP contribution in [-0.4, -0.2) is 15.0 Å². The molecule has 3 nitrogen and oxygen atoms in total. The molecule has 4 heteroatoms. The molecule has 1 atom stereocenters. The maximum atomic E-state index is 5.72. The minimum Gasteiger partial charge on any atom is -0.245 e. The minimum absolute atomic E-state index is 0.362. The van der Waals surface area contributed by atoms with E-state index in [1.807, 2.05) is 4.68 Å². The predicted molar refractivity (Wildman–Crippen MR) is 49.1 cm³/mol. The third-order valence-corrected chi connectivity index (χ3v) is 2.41. The molecule has 1 aromatic rings. The lowest BCUT2D eigenvalue weighted by atomic mass is 10.1. The molecule has 0 fully saturated rings. The lowest BCUT2D eigenvalue weighted by molar-refractivity contribution is 0.361. The fraction of sp³-hybridized carbons (Fsp3) is 0.750. The van der Waals surface area contributed by atoms with Crippen molar-refractivity contribution in [2.45, 2.75) is 32.7 Å². The maximum Gasteiger partial charge on any atom is 0.0738 e. The number of rotatable bonds is 3. The zero-order valence-electron chi connectivity index (χ0n) is 7.66. The Morgan fingerprint density at radius 3 is 2.67 bits per heavy atom. The number of hydrogen-bond donors (Lipinski definition) is 0.